The molecule has 1 aliphatic carbocycles. The molecule has 0 atom stereocenters. The normalized spacial score (nSPS) is 15.1. The monoisotopic (exact) mass is 311 g/mol. The number of nitrogens with one attached hydrogen (secondary N) is 1. The van der Waals surface area contributed by atoms with Gasteiger partial charge in [-0.1, -0.05) is 19.3 Å². The second kappa shape index (κ2) is 7.19. The van der Waals surface area contributed by atoms with Crippen LogP contribution in [0.5, 0.6) is 5.75 Å². The van der Waals surface area contributed by atoms with Crippen LogP contribution in [0.1, 0.15) is 44.7 Å². The van der Waals surface area contributed by atoms with E-state index in [0.717, 1.165) is 24.2 Å². The van der Waals surface area contributed by atoms with E-state index in [9.17, 15) is 5.26 Å². The molecule has 0 spiro atoms. The lowest BCUT2D eigenvalue weighted by Gasteiger charge is -2.22. The van der Waals surface area contributed by atoms with Crippen molar-refractivity contribution in [1.82, 2.24) is 4.98 Å². The van der Waals surface area contributed by atoms with Gasteiger partial charge >= 0.3 is 0 Å². The molecule has 0 amide bonds. The van der Waals surface area contributed by atoms with Crippen molar-refractivity contribution in [3.8, 4) is 23.3 Å². The first-order chi connectivity index (χ1) is 11.3. The molecule has 1 aromatic carbocycles. The van der Waals surface area contributed by atoms with Crippen molar-refractivity contribution in [2.24, 2.45) is 0 Å². The highest BCUT2D eigenvalue weighted by molar-refractivity contribution is 5.59. The van der Waals surface area contributed by atoms with E-state index in [-0.39, 0.29) is 0 Å². The summed E-state index contributed by atoms with van der Waals surface area (Å²) < 4.78 is 11.2. The van der Waals surface area contributed by atoms with E-state index in [4.69, 9.17) is 9.15 Å². The van der Waals surface area contributed by atoms with Crippen LogP contribution in [0.15, 0.2) is 28.7 Å². The Labute approximate surface area is 136 Å². The second-order valence-electron chi connectivity index (χ2n) is 5.75. The van der Waals surface area contributed by atoms with Gasteiger partial charge in [0.2, 0.25) is 17.5 Å². The third-order valence-electron chi connectivity index (χ3n) is 4.09. The Hall–Kier alpha value is -2.48. The first-order valence-electron chi connectivity index (χ1n) is 8.21. The lowest BCUT2D eigenvalue weighted by molar-refractivity contribution is 0.340. The molecule has 1 aromatic heterocycles. The van der Waals surface area contributed by atoms with Crippen molar-refractivity contribution in [3.05, 3.63) is 30.0 Å². The number of nitrogens with zero attached hydrogens (tertiary/aromatic N) is 2. The number of aromatic nitrogens is 1. The molecular formula is C18H21N3O2. The van der Waals surface area contributed by atoms with Crippen LogP contribution in [0.2, 0.25) is 0 Å². The zero-order chi connectivity index (χ0) is 16.1. The Morgan fingerprint density at radius 1 is 1.26 bits per heavy atom. The standard InChI is InChI=1S/C18H21N3O2/c1-2-22-15-10-8-13(9-11-15)17-21-16(12-19)18(23-17)20-14-6-4-3-5-7-14/h8-11,14,20H,2-7H2,1H3. The first-order valence-corrected chi connectivity index (χ1v) is 8.21. The van der Waals surface area contributed by atoms with Crippen LogP contribution in [0, 0.1) is 11.3 Å². The molecule has 5 nitrogen and oxygen atoms in total. The second-order valence-corrected chi connectivity index (χ2v) is 5.75. The van der Waals surface area contributed by atoms with E-state index in [0.29, 0.717) is 30.1 Å². The molecule has 120 valence electrons. The third-order valence-corrected chi connectivity index (χ3v) is 4.09. The Bertz CT molecular complexity index is 679. The summed E-state index contributed by atoms with van der Waals surface area (Å²) in [5.74, 6) is 1.76. The van der Waals surface area contributed by atoms with Crippen LogP contribution < -0.4 is 10.1 Å². The van der Waals surface area contributed by atoms with E-state index in [1.54, 1.807) is 0 Å². The number of hydrogen-bond donors (Lipinski definition) is 1. The van der Waals surface area contributed by atoms with E-state index in [1.807, 2.05) is 31.2 Å². The molecule has 5 heteroatoms. The van der Waals surface area contributed by atoms with Gasteiger partial charge in [-0.15, -0.1) is 0 Å². The smallest absolute Gasteiger partial charge is 0.232 e. The minimum atomic E-state index is 0.319. The summed E-state index contributed by atoms with van der Waals surface area (Å²) in [6.45, 7) is 2.58. The molecule has 3 rings (SSSR count). The minimum absolute atomic E-state index is 0.319. The molecule has 1 fully saturated rings. The van der Waals surface area contributed by atoms with Gasteiger partial charge in [-0.3, -0.25) is 0 Å². The fourth-order valence-electron chi connectivity index (χ4n) is 2.91. The lowest BCUT2D eigenvalue weighted by Crippen LogP contribution is -2.22. The van der Waals surface area contributed by atoms with Crippen molar-refractivity contribution in [1.29, 1.82) is 5.26 Å². The largest absolute Gasteiger partial charge is 0.494 e. The van der Waals surface area contributed by atoms with Crippen LogP contribution in [-0.4, -0.2) is 17.6 Å². The van der Waals surface area contributed by atoms with Crippen molar-refractivity contribution in [2.75, 3.05) is 11.9 Å². The van der Waals surface area contributed by atoms with Gasteiger partial charge in [0, 0.05) is 11.6 Å². The quantitative estimate of drug-likeness (QED) is 0.888. The Kier molecular flexibility index (Phi) is 4.82. The molecule has 0 bridgehead atoms. The van der Waals surface area contributed by atoms with Crippen molar-refractivity contribution in [2.45, 2.75) is 45.1 Å². The molecular weight excluding hydrogens is 290 g/mol. The number of anilines is 1. The summed E-state index contributed by atoms with van der Waals surface area (Å²) in [4.78, 5) is 4.31. The maximum absolute atomic E-state index is 9.29. The summed E-state index contributed by atoms with van der Waals surface area (Å²) in [7, 11) is 0. The highest BCUT2D eigenvalue weighted by Crippen LogP contribution is 2.29. The molecule has 0 aliphatic heterocycles. The number of oxazole rings is 1. The molecule has 23 heavy (non-hydrogen) atoms. The van der Waals surface area contributed by atoms with Gasteiger partial charge in [0.05, 0.1) is 6.61 Å². The van der Waals surface area contributed by atoms with Gasteiger partial charge in [-0.2, -0.15) is 10.2 Å². The van der Waals surface area contributed by atoms with Crippen LogP contribution in [0.25, 0.3) is 11.5 Å². The summed E-state index contributed by atoms with van der Waals surface area (Å²) >= 11 is 0. The van der Waals surface area contributed by atoms with Gasteiger partial charge in [0.15, 0.2) is 0 Å². The highest BCUT2D eigenvalue weighted by Gasteiger charge is 2.19. The summed E-state index contributed by atoms with van der Waals surface area (Å²) in [6, 6.07) is 10.0. The number of nitriles is 1. The Morgan fingerprint density at radius 3 is 2.65 bits per heavy atom. The predicted molar refractivity (Wildman–Crippen MR) is 88.3 cm³/mol. The first kappa shape index (κ1) is 15.4. The number of benzene rings is 1. The summed E-state index contributed by atoms with van der Waals surface area (Å²) in [5.41, 5.74) is 1.15. The van der Waals surface area contributed by atoms with Crippen LogP contribution in [-0.2, 0) is 0 Å². The number of hydrogen-bond acceptors (Lipinski definition) is 5. The lowest BCUT2D eigenvalue weighted by atomic mass is 9.95. The molecule has 1 N–H and O–H groups in total. The number of ether oxygens (including phenoxy) is 1. The Morgan fingerprint density at radius 2 is 2.00 bits per heavy atom. The summed E-state index contributed by atoms with van der Waals surface area (Å²) in [5, 5.41) is 12.6. The van der Waals surface area contributed by atoms with Gasteiger partial charge < -0.3 is 14.5 Å². The highest BCUT2D eigenvalue weighted by atomic mass is 16.5. The maximum atomic E-state index is 9.29. The van der Waals surface area contributed by atoms with Crippen molar-refractivity contribution >= 4 is 5.88 Å². The van der Waals surface area contributed by atoms with Crippen molar-refractivity contribution in [3.63, 3.8) is 0 Å². The molecule has 0 radical (unpaired) electrons. The van der Waals surface area contributed by atoms with Crippen LogP contribution >= 0.6 is 0 Å². The third kappa shape index (κ3) is 3.65. The number of rotatable bonds is 5. The molecule has 1 saturated carbocycles. The summed E-state index contributed by atoms with van der Waals surface area (Å²) in [6.07, 6.45) is 5.96. The zero-order valence-electron chi connectivity index (χ0n) is 13.3. The SMILES string of the molecule is CCOc1ccc(-c2nc(C#N)c(NC3CCCCC3)o2)cc1. The average molecular weight is 311 g/mol. The van der Waals surface area contributed by atoms with Gasteiger partial charge in [0.25, 0.3) is 0 Å². The fourth-order valence-corrected chi connectivity index (χ4v) is 2.91. The van der Waals surface area contributed by atoms with Crippen LogP contribution in [0.3, 0.4) is 0 Å². The topological polar surface area (TPSA) is 71.1 Å². The van der Waals surface area contributed by atoms with E-state index in [1.165, 1.54) is 19.3 Å². The van der Waals surface area contributed by atoms with E-state index >= 15 is 0 Å². The molecule has 2 aromatic rings. The Balaban J connectivity index is 1.79. The molecule has 0 unspecified atom stereocenters. The van der Waals surface area contributed by atoms with Crippen LogP contribution in [0.4, 0.5) is 5.88 Å². The molecule has 0 saturated heterocycles. The maximum Gasteiger partial charge on any atom is 0.232 e. The predicted octanol–water partition coefficient (Wildman–Crippen LogP) is 4.36. The zero-order valence-corrected chi connectivity index (χ0v) is 13.3. The minimum Gasteiger partial charge on any atom is -0.494 e. The van der Waals surface area contributed by atoms with E-state index < -0.39 is 0 Å². The van der Waals surface area contributed by atoms with Gasteiger partial charge in [0.1, 0.15) is 11.8 Å². The van der Waals surface area contributed by atoms with E-state index in [2.05, 4.69) is 16.4 Å². The average Bonchev–Trinajstić information content (AvgIpc) is 3.00. The van der Waals surface area contributed by atoms with Gasteiger partial charge in [-0.05, 0) is 44.0 Å². The molecule has 1 heterocycles. The fraction of sp³-hybridized carbons (Fsp3) is 0.444. The molecule has 1 aliphatic rings. The van der Waals surface area contributed by atoms with Gasteiger partial charge in [-0.25, -0.2) is 0 Å². The van der Waals surface area contributed by atoms with Crippen molar-refractivity contribution < 1.29 is 9.15 Å².